The lowest BCUT2D eigenvalue weighted by molar-refractivity contribution is 1.06. The lowest BCUT2D eigenvalue weighted by atomic mass is 10.1. The van der Waals surface area contributed by atoms with Crippen LogP contribution in [-0.4, -0.2) is 4.98 Å². The third kappa shape index (κ3) is 3.10. The number of nitriles is 1. The number of nitrogens with two attached hydrogens (primary N) is 1. The van der Waals surface area contributed by atoms with Crippen LogP contribution in [0.15, 0.2) is 50.9 Å². The van der Waals surface area contributed by atoms with E-state index in [1.54, 1.807) is 6.20 Å². The first-order valence-electron chi connectivity index (χ1n) is 5.25. The van der Waals surface area contributed by atoms with Crippen molar-refractivity contribution < 1.29 is 0 Å². The summed E-state index contributed by atoms with van der Waals surface area (Å²) in [5.74, 6) is 0. The number of nitrogens with zero attached hydrogens (tertiary/aromatic N) is 2. The van der Waals surface area contributed by atoms with Gasteiger partial charge in [0.05, 0.1) is 5.56 Å². The van der Waals surface area contributed by atoms with Gasteiger partial charge in [0.25, 0.3) is 0 Å². The van der Waals surface area contributed by atoms with Gasteiger partial charge in [0.2, 0.25) is 0 Å². The molecule has 3 nitrogen and oxygen atoms in total. The quantitative estimate of drug-likeness (QED) is 0.942. The molecule has 0 amide bonds. The summed E-state index contributed by atoms with van der Waals surface area (Å²) in [6.45, 7) is 0.441. The van der Waals surface area contributed by atoms with Crippen LogP contribution in [0.1, 0.15) is 11.1 Å². The molecule has 90 valence electrons. The normalized spacial score (nSPS) is 10.1. The highest BCUT2D eigenvalue weighted by Crippen LogP contribution is 2.29. The van der Waals surface area contributed by atoms with Gasteiger partial charge in [0.1, 0.15) is 11.1 Å². The van der Waals surface area contributed by atoms with E-state index in [0.29, 0.717) is 12.1 Å². The molecular formula is C13H10BrN3S. The highest BCUT2D eigenvalue weighted by molar-refractivity contribution is 9.10. The monoisotopic (exact) mass is 319 g/mol. The molecule has 0 aliphatic rings. The first kappa shape index (κ1) is 13.1. The van der Waals surface area contributed by atoms with Crippen molar-refractivity contribution in [2.45, 2.75) is 16.5 Å². The molecule has 0 spiro atoms. The van der Waals surface area contributed by atoms with Gasteiger partial charge in [-0.15, -0.1) is 0 Å². The number of aromatic nitrogens is 1. The number of rotatable bonds is 3. The second kappa shape index (κ2) is 6.01. The molecule has 0 radical (unpaired) electrons. The molecular weight excluding hydrogens is 310 g/mol. The molecule has 2 aromatic rings. The van der Waals surface area contributed by atoms with Crippen LogP contribution in [0, 0.1) is 11.3 Å². The minimum absolute atomic E-state index is 0.441. The van der Waals surface area contributed by atoms with Crippen molar-refractivity contribution in [2.75, 3.05) is 0 Å². The van der Waals surface area contributed by atoms with E-state index in [1.165, 1.54) is 11.8 Å². The molecule has 0 fully saturated rings. The highest BCUT2D eigenvalue weighted by atomic mass is 79.9. The van der Waals surface area contributed by atoms with Crippen molar-refractivity contribution in [2.24, 2.45) is 5.73 Å². The Morgan fingerprint density at radius 1 is 1.33 bits per heavy atom. The summed E-state index contributed by atoms with van der Waals surface area (Å²) in [7, 11) is 0. The summed E-state index contributed by atoms with van der Waals surface area (Å²) in [5, 5.41) is 9.99. The molecule has 0 aliphatic heterocycles. The molecule has 1 heterocycles. The largest absolute Gasteiger partial charge is 0.326 e. The van der Waals surface area contributed by atoms with Gasteiger partial charge in [-0.1, -0.05) is 17.8 Å². The number of benzene rings is 1. The molecule has 0 bridgehead atoms. The molecule has 2 N–H and O–H groups in total. The molecule has 0 atom stereocenters. The van der Waals surface area contributed by atoms with Crippen molar-refractivity contribution in [3.05, 3.63) is 52.1 Å². The second-order valence-electron chi connectivity index (χ2n) is 3.56. The van der Waals surface area contributed by atoms with E-state index in [4.69, 9.17) is 11.0 Å². The zero-order valence-electron chi connectivity index (χ0n) is 9.43. The third-order valence-electron chi connectivity index (χ3n) is 2.31. The number of halogens is 1. The predicted molar refractivity (Wildman–Crippen MR) is 75.1 cm³/mol. The maximum Gasteiger partial charge on any atom is 0.101 e. The fourth-order valence-electron chi connectivity index (χ4n) is 1.42. The Balaban J connectivity index is 2.29. The van der Waals surface area contributed by atoms with E-state index in [-0.39, 0.29) is 0 Å². The van der Waals surface area contributed by atoms with Crippen molar-refractivity contribution in [1.82, 2.24) is 4.98 Å². The van der Waals surface area contributed by atoms with Crippen LogP contribution in [-0.2, 0) is 6.54 Å². The summed E-state index contributed by atoms with van der Waals surface area (Å²) in [5.41, 5.74) is 7.15. The van der Waals surface area contributed by atoms with Crippen molar-refractivity contribution >= 4 is 27.7 Å². The minimum Gasteiger partial charge on any atom is -0.326 e. The third-order valence-corrected chi connectivity index (χ3v) is 3.81. The van der Waals surface area contributed by atoms with E-state index in [2.05, 4.69) is 27.0 Å². The van der Waals surface area contributed by atoms with Gasteiger partial charge >= 0.3 is 0 Å². The van der Waals surface area contributed by atoms with Crippen LogP contribution in [0.5, 0.6) is 0 Å². The Labute approximate surface area is 118 Å². The lowest BCUT2D eigenvalue weighted by Crippen LogP contribution is -1.97. The molecule has 0 saturated carbocycles. The first-order valence-corrected chi connectivity index (χ1v) is 6.86. The van der Waals surface area contributed by atoms with Gasteiger partial charge in [-0.05, 0) is 45.8 Å². The summed E-state index contributed by atoms with van der Waals surface area (Å²) in [6, 6.07) is 11.7. The van der Waals surface area contributed by atoms with E-state index < -0.39 is 0 Å². The van der Waals surface area contributed by atoms with E-state index >= 15 is 0 Å². The van der Waals surface area contributed by atoms with Gasteiger partial charge in [0, 0.05) is 22.1 Å². The Bertz CT molecular complexity index is 590. The van der Waals surface area contributed by atoms with Crippen molar-refractivity contribution in [3.8, 4) is 6.07 Å². The molecule has 2 rings (SSSR count). The summed E-state index contributed by atoms with van der Waals surface area (Å²) in [4.78, 5) is 5.17. The van der Waals surface area contributed by atoms with Crippen molar-refractivity contribution in [3.63, 3.8) is 0 Å². The van der Waals surface area contributed by atoms with Crippen LogP contribution >= 0.6 is 27.7 Å². The van der Waals surface area contributed by atoms with Gasteiger partial charge < -0.3 is 5.73 Å². The number of pyridine rings is 1. The zero-order valence-corrected chi connectivity index (χ0v) is 11.8. The van der Waals surface area contributed by atoms with Gasteiger partial charge in [0.15, 0.2) is 0 Å². The molecule has 0 unspecified atom stereocenters. The predicted octanol–water partition coefficient (Wildman–Crippen LogP) is 3.33. The Kier molecular flexibility index (Phi) is 4.37. The molecule has 1 aromatic heterocycles. The number of hydrogen-bond donors (Lipinski definition) is 1. The first-order chi connectivity index (χ1) is 8.72. The van der Waals surface area contributed by atoms with E-state index in [9.17, 15) is 0 Å². The average molecular weight is 320 g/mol. The maximum absolute atomic E-state index is 9.13. The fraction of sp³-hybridized carbons (Fsp3) is 0.0769. The summed E-state index contributed by atoms with van der Waals surface area (Å²) < 4.78 is 0.936. The molecule has 1 aromatic carbocycles. The fourth-order valence-corrected chi connectivity index (χ4v) is 2.47. The maximum atomic E-state index is 9.13. The Hall–Kier alpha value is -1.35. The highest BCUT2D eigenvalue weighted by Gasteiger charge is 2.06. The SMILES string of the molecule is N#Cc1cc(CN)ccc1Sc1ccc(Br)cn1. The zero-order chi connectivity index (χ0) is 13.0. The topological polar surface area (TPSA) is 62.7 Å². The van der Waals surface area contributed by atoms with Crippen LogP contribution in [0.4, 0.5) is 0 Å². The molecule has 18 heavy (non-hydrogen) atoms. The molecule has 5 heteroatoms. The Morgan fingerprint density at radius 3 is 2.78 bits per heavy atom. The minimum atomic E-state index is 0.441. The second-order valence-corrected chi connectivity index (χ2v) is 5.54. The smallest absolute Gasteiger partial charge is 0.101 e. The summed E-state index contributed by atoms with van der Waals surface area (Å²) >= 11 is 4.81. The number of hydrogen-bond acceptors (Lipinski definition) is 4. The van der Waals surface area contributed by atoms with Gasteiger partial charge in [-0.2, -0.15) is 5.26 Å². The molecule has 0 saturated heterocycles. The Morgan fingerprint density at radius 2 is 2.17 bits per heavy atom. The van der Waals surface area contributed by atoms with E-state index in [1.807, 2.05) is 30.3 Å². The standard InChI is InChI=1S/C13H10BrN3S/c14-11-2-4-13(17-8-11)18-12-3-1-9(6-15)5-10(12)7-16/h1-5,8H,6,15H2. The van der Waals surface area contributed by atoms with Crippen LogP contribution < -0.4 is 5.73 Å². The van der Waals surface area contributed by atoms with Crippen LogP contribution in [0.3, 0.4) is 0 Å². The average Bonchev–Trinajstić information content (AvgIpc) is 2.41. The van der Waals surface area contributed by atoms with E-state index in [0.717, 1.165) is 20.0 Å². The van der Waals surface area contributed by atoms with Gasteiger partial charge in [-0.25, -0.2) is 4.98 Å². The van der Waals surface area contributed by atoms with Gasteiger partial charge in [-0.3, -0.25) is 0 Å². The molecule has 0 aliphatic carbocycles. The lowest BCUT2D eigenvalue weighted by Gasteiger charge is -2.05. The van der Waals surface area contributed by atoms with Crippen LogP contribution in [0.2, 0.25) is 0 Å². The summed E-state index contributed by atoms with van der Waals surface area (Å²) in [6.07, 6.45) is 1.74. The van der Waals surface area contributed by atoms with Crippen LogP contribution in [0.25, 0.3) is 0 Å². The van der Waals surface area contributed by atoms with Crippen molar-refractivity contribution in [1.29, 1.82) is 5.26 Å².